The van der Waals surface area contributed by atoms with Crippen molar-refractivity contribution < 1.29 is 9.47 Å². The van der Waals surface area contributed by atoms with Crippen LogP contribution in [0.5, 0.6) is 0 Å². The molecule has 1 fully saturated rings. The van der Waals surface area contributed by atoms with Crippen LogP contribution >= 0.6 is 15.9 Å². The minimum atomic E-state index is 0.547. The van der Waals surface area contributed by atoms with Gasteiger partial charge in [-0.25, -0.2) is 0 Å². The van der Waals surface area contributed by atoms with Crippen LogP contribution in [0, 0.1) is 0 Å². The van der Waals surface area contributed by atoms with E-state index in [1.165, 1.54) is 0 Å². The molecule has 0 aromatic carbocycles. The molecule has 1 heterocycles. The van der Waals surface area contributed by atoms with Crippen molar-refractivity contribution in [2.45, 2.75) is 12.5 Å². The standard InChI is InChI=1S/C9H18BrNO2/c1-12-5-2-3-11-4-6-13-8-9(11)7-10/h9H,2-8H2,1H3. The van der Waals surface area contributed by atoms with E-state index >= 15 is 0 Å². The SMILES string of the molecule is COCCCN1CCOCC1CBr. The van der Waals surface area contributed by atoms with Crippen LogP contribution in [0.2, 0.25) is 0 Å². The lowest BCUT2D eigenvalue weighted by Crippen LogP contribution is -2.46. The second-order valence-electron chi connectivity index (χ2n) is 3.27. The number of ether oxygens (including phenoxy) is 2. The Morgan fingerprint density at radius 2 is 2.46 bits per heavy atom. The van der Waals surface area contributed by atoms with E-state index in [0.29, 0.717) is 6.04 Å². The summed E-state index contributed by atoms with van der Waals surface area (Å²) in [6.45, 7) is 4.76. The van der Waals surface area contributed by atoms with Gasteiger partial charge in [-0.3, -0.25) is 4.90 Å². The van der Waals surface area contributed by atoms with Gasteiger partial charge in [0.25, 0.3) is 0 Å². The second-order valence-corrected chi connectivity index (χ2v) is 3.91. The summed E-state index contributed by atoms with van der Waals surface area (Å²) in [6.07, 6.45) is 1.11. The molecule has 0 spiro atoms. The summed E-state index contributed by atoms with van der Waals surface area (Å²) in [5.41, 5.74) is 0. The van der Waals surface area contributed by atoms with Crippen molar-refractivity contribution in [3.63, 3.8) is 0 Å². The van der Waals surface area contributed by atoms with E-state index in [1.54, 1.807) is 7.11 Å². The number of alkyl halides is 1. The molecule has 0 amide bonds. The third kappa shape index (κ3) is 3.94. The summed E-state index contributed by atoms with van der Waals surface area (Å²) in [7, 11) is 1.75. The van der Waals surface area contributed by atoms with Gasteiger partial charge in [0.05, 0.1) is 13.2 Å². The van der Waals surface area contributed by atoms with Crippen LogP contribution in [0.3, 0.4) is 0 Å². The first-order chi connectivity index (χ1) is 6.38. The van der Waals surface area contributed by atoms with E-state index in [1.807, 2.05) is 0 Å². The summed E-state index contributed by atoms with van der Waals surface area (Å²) in [4.78, 5) is 2.47. The van der Waals surface area contributed by atoms with Crippen molar-refractivity contribution in [1.82, 2.24) is 4.90 Å². The monoisotopic (exact) mass is 251 g/mol. The number of hydrogen-bond donors (Lipinski definition) is 0. The third-order valence-corrected chi connectivity index (χ3v) is 3.07. The van der Waals surface area contributed by atoms with Crippen molar-refractivity contribution in [2.24, 2.45) is 0 Å². The molecule has 0 aromatic heterocycles. The minimum absolute atomic E-state index is 0.547. The smallest absolute Gasteiger partial charge is 0.0630 e. The number of rotatable bonds is 5. The lowest BCUT2D eigenvalue weighted by atomic mass is 10.2. The summed E-state index contributed by atoms with van der Waals surface area (Å²) < 4.78 is 10.4. The molecule has 1 atom stereocenters. The lowest BCUT2D eigenvalue weighted by molar-refractivity contribution is -0.00109. The van der Waals surface area contributed by atoms with Crippen molar-refractivity contribution in [2.75, 3.05) is 45.4 Å². The first-order valence-corrected chi connectivity index (χ1v) is 5.87. The van der Waals surface area contributed by atoms with E-state index in [4.69, 9.17) is 9.47 Å². The van der Waals surface area contributed by atoms with Gasteiger partial charge >= 0.3 is 0 Å². The van der Waals surface area contributed by atoms with Gasteiger partial charge in [-0.1, -0.05) is 15.9 Å². The highest BCUT2D eigenvalue weighted by atomic mass is 79.9. The number of halogens is 1. The Labute approximate surface area is 88.5 Å². The molecular formula is C9H18BrNO2. The molecule has 3 nitrogen and oxygen atoms in total. The first-order valence-electron chi connectivity index (χ1n) is 4.75. The summed E-state index contributed by atoms with van der Waals surface area (Å²) in [5.74, 6) is 0. The van der Waals surface area contributed by atoms with Gasteiger partial charge < -0.3 is 9.47 Å². The molecule has 0 saturated carbocycles. The van der Waals surface area contributed by atoms with Crippen LogP contribution in [0.25, 0.3) is 0 Å². The van der Waals surface area contributed by atoms with Crippen LogP contribution < -0.4 is 0 Å². The molecule has 1 aliphatic rings. The molecule has 0 bridgehead atoms. The number of methoxy groups -OCH3 is 1. The average Bonchev–Trinajstić information content (AvgIpc) is 2.19. The van der Waals surface area contributed by atoms with E-state index in [-0.39, 0.29) is 0 Å². The highest BCUT2D eigenvalue weighted by molar-refractivity contribution is 9.09. The van der Waals surface area contributed by atoms with Crippen molar-refractivity contribution in [1.29, 1.82) is 0 Å². The molecule has 78 valence electrons. The van der Waals surface area contributed by atoms with Crippen LogP contribution in [0.1, 0.15) is 6.42 Å². The Kier molecular flexibility index (Phi) is 5.95. The van der Waals surface area contributed by atoms with Gasteiger partial charge in [-0.15, -0.1) is 0 Å². The highest BCUT2D eigenvalue weighted by Crippen LogP contribution is 2.09. The van der Waals surface area contributed by atoms with E-state index in [9.17, 15) is 0 Å². The predicted octanol–water partition coefficient (Wildman–Crippen LogP) is 1.12. The van der Waals surface area contributed by atoms with Crippen molar-refractivity contribution in [3.8, 4) is 0 Å². The maximum absolute atomic E-state index is 5.41. The number of hydrogen-bond acceptors (Lipinski definition) is 3. The molecule has 1 rings (SSSR count). The Morgan fingerprint density at radius 3 is 3.15 bits per heavy atom. The van der Waals surface area contributed by atoms with Gasteiger partial charge in [0.15, 0.2) is 0 Å². The number of morpholine rings is 1. The Balaban J connectivity index is 2.19. The maximum Gasteiger partial charge on any atom is 0.0630 e. The van der Waals surface area contributed by atoms with Gasteiger partial charge in [0.2, 0.25) is 0 Å². The molecular weight excluding hydrogens is 234 g/mol. The molecule has 1 aliphatic heterocycles. The molecule has 4 heteroatoms. The first kappa shape index (κ1) is 11.4. The van der Waals surface area contributed by atoms with Crippen LogP contribution in [-0.2, 0) is 9.47 Å². The highest BCUT2D eigenvalue weighted by Gasteiger charge is 2.20. The third-order valence-electron chi connectivity index (χ3n) is 2.32. The Morgan fingerprint density at radius 1 is 1.62 bits per heavy atom. The van der Waals surface area contributed by atoms with Gasteiger partial charge in [0, 0.05) is 38.2 Å². The molecule has 0 radical (unpaired) electrons. The molecule has 0 aliphatic carbocycles. The molecule has 13 heavy (non-hydrogen) atoms. The minimum Gasteiger partial charge on any atom is -0.385 e. The Bertz CT molecular complexity index is 135. The Hall–Kier alpha value is 0.360. The zero-order valence-corrected chi connectivity index (χ0v) is 9.75. The van der Waals surface area contributed by atoms with Gasteiger partial charge in [0.1, 0.15) is 0 Å². The lowest BCUT2D eigenvalue weighted by Gasteiger charge is -2.34. The van der Waals surface area contributed by atoms with Gasteiger partial charge in [-0.2, -0.15) is 0 Å². The predicted molar refractivity (Wildman–Crippen MR) is 56.5 cm³/mol. The normalized spacial score (nSPS) is 24.9. The molecule has 0 N–H and O–H groups in total. The van der Waals surface area contributed by atoms with Crippen LogP contribution in [0.4, 0.5) is 0 Å². The fourth-order valence-corrected chi connectivity index (χ4v) is 2.13. The summed E-state index contributed by atoms with van der Waals surface area (Å²) in [6, 6.07) is 0.547. The van der Waals surface area contributed by atoms with Crippen LogP contribution in [-0.4, -0.2) is 56.3 Å². The van der Waals surface area contributed by atoms with Crippen molar-refractivity contribution in [3.05, 3.63) is 0 Å². The van der Waals surface area contributed by atoms with E-state index < -0.39 is 0 Å². The molecule has 1 saturated heterocycles. The zero-order valence-electron chi connectivity index (χ0n) is 8.17. The molecule has 0 aromatic rings. The van der Waals surface area contributed by atoms with E-state index in [0.717, 1.165) is 44.7 Å². The average molecular weight is 252 g/mol. The maximum atomic E-state index is 5.41. The number of nitrogens with zero attached hydrogens (tertiary/aromatic N) is 1. The van der Waals surface area contributed by atoms with Crippen LogP contribution in [0.15, 0.2) is 0 Å². The second kappa shape index (κ2) is 6.76. The zero-order chi connectivity index (χ0) is 9.52. The summed E-state index contributed by atoms with van der Waals surface area (Å²) >= 11 is 3.51. The summed E-state index contributed by atoms with van der Waals surface area (Å²) in [5, 5.41) is 1.000. The fraction of sp³-hybridized carbons (Fsp3) is 1.00. The molecule has 1 unspecified atom stereocenters. The largest absolute Gasteiger partial charge is 0.385 e. The topological polar surface area (TPSA) is 21.7 Å². The van der Waals surface area contributed by atoms with Gasteiger partial charge in [-0.05, 0) is 6.42 Å². The quantitative estimate of drug-likeness (QED) is 0.540. The fourth-order valence-electron chi connectivity index (χ4n) is 1.54. The van der Waals surface area contributed by atoms with E-state index in [2.05, 4.69) is 20.8 Å². The van der Waals surface area contributed by atoms with Crippen molar-refractivity contribution >= 4 is 15.9 Å².